The molecule has 0 radical (unpaired) electrons. The smallest absolute Gasteiger partial charge is 0.310 e. The first-order valence-electron chi connectivity index (χ1n) is 8.05. The van der Waals surface area contributed by atoms with Crippen LogP contribution in [0.3, 0.4) is 0 Å². The van der Waals surface area contributed by atoms with Gasteiger partial charge in [0.25, 0.3) is 0 Å². The lowest BCUT2D eigenvalue weighted by molar-refractivity contribution is -0.150. The number of carboxylic acid groups (broad SMARTS) is 2. The molecule has 0 aliphatic carbocycles. The van der Waals surface area contributed by atoms with Crippen molar-refractivity contribution in [3.8, 4) is 0 Å². The number of hydrogen-bond acceptors (Lipinski definition) is 2. The second-order valence-electron chi connectivity index (χ2n) is 6.16. The molecule has 0 aliphatic heterocycles. The van der Waals surface area contributed by atoms with Crippen molar-refractivity contribution in [2.24, 2.45) is 5.41 Å². The Morgan fingerprint density at radius 1 is 0.792 bits per heavy atom. The topological polar surface area (TPSA) is 74.6 Å². The zero-order valence-electron chi connectivity index (χ0n) is 13.5. The first-order chi connectivity index (χ1) is 11.5. The summed E-state index contributed by atoms with van der Waals surface area (Å²) >= 11 is 0. The average Bonchev–Trinajstić information content (AvgIpc) is 2.56. The van der Waals surface area contributed by atoms with E-state index in [1.54, 1.807) is 0 Å². The predicted molar refractivity (Wildman–Crippen MR) is 91.8 cm³/mol. The van der Waals surface area contributed by atoms with Crippen molar-refractivity contribution in [1.82, 2.24) is 0 Å². The van der Waals surface area contributed by atoms with E-state index in [4.69, 9.17) is 5.11 Å². The van der Waals surface area contributed by atoms with Crippen LogP contribution in [0, 0.1) is 5.41 Å². The van der Waals surface area contributed by atoms with E-state index in [0.717, 1.165) is 11.1 Å². The molecule has 4 nitrogen and oxygen atoms in total. The highest BCUT2D eigenvalue weighted by atomic mass is 16.4. The molecule has 0 spiro atoms. The van der Waals surface area contributed by atoms with Crippen molar-refractivity contribution in [3.63, 3.8) is 0 Å². The van der Waals surface area contributed by atoms with Crippen LogP contribution in [-0.2, 0) is 22.4 Å². The largest absolute Gasteiger partial charge is 0.481 e. The summed E-state index contributed by atoms with van der Waals surface area (Å²) in [6.45, 7) is 0. The van der Waals surface area contributed by atoms with Crippen LogP contribution in [0.15, 0.2) is 60.7 Å². The Morgan fingerprint density at radius 3 is 1.62 bits per heavy atom. The Balaban J connectivity index is 2.28. The number of carboxylic acids is 2. The van der Waals surface area contributed by atoms with Gasteiger partial charge in [-0.15, -0.1) is 0 Å². The predicted octanol–water partition coefficient (Wildman–Crippen LogP) is 3.80. The van der Waals surface area contributed by atoms with Crippen molar-refractivity contribution in [2.75, 3.05) is 0 Å². The van der Waals surface area contributed by atoms with E-state index in [1.165, 1.54) is 0 Å². The summed E-state index contributed by atoms with van der Waals surface area (Å²) in [7, 11) is 0. The van der Waals surface area contributed by atoms with Crippen molar-refractivity contribution >= 4 is 11.9 Å². The molecule has 0 aliphatic rings. The molecule has 2 aromatic carbocycles. The van der Waals surface area contributed by atoms with E-state index in [-0.39, 0.29) is 6.42 Å². The summed E-state index contributed by atoms with van der Waals surface area (Å²) < 4.78 is 0. The van der Waals surface area contributed by atoms with Gasteiger partial charge in [-0.3, -0.25) is 9.59 Å². The van der Waals surface area contributed by atoms with Crippen LogP contribution in [0.4, 0.5) is 0 Å². The number of rotatable bonds is 9. The van der Waals surface area contributed by atoms with Crippen LogP contribution in [0.1, 0.15) is 30.4 Å². The van der Waals surface area contributed by atoms with Crippen LogP contribution in [0.25, 0.3) is 0 Å². The Morgan fingerprint density at radius 2 is 1.25 bits per heavy atom. The van der Waals surface area contributed by atoms with E-state index >= 15 is 0 Å². The lowest BCUT2D eigenvalue weighted by Crippen LogP contribution is -2.36. The highest BCUT2D eigenvalue weighted by Gasteiger charge is 2.38. The first-order valence-corrected chi connectivity index (χ1v) is 8.05. The highest BCUT2D eigenvalue weighted by molar-refractivity contribution is 5.76. The van der Waals surface area contributed by atoms with Crippen molar-refractivity contribution in [2.45, 2.75) is 32.1 Å². The Bertz CT molecular complexity index is 623. The molecular weight excluding hydrogens is 304 g/mol. The minimum absolute atomic E-state index is 0.0153. The third kappa shape index (κ3) is 4.95. The fourth-order valence-electron chi connectivity index (χ4n) is 3.05. The summed E-state index contributed by atoms with van der Waals surface area (Å²) in [5.41, 5.74) is 0.898. The molecule has 0 atom stereocenters. The monoisotopic (exact) mass is 326 g/mol. The highest BCUT2D eigenvalue weighted by Crippen LogP contribution is 2.34. The number of hydrogen-bond donors (Lipinski definition) is 2. The quantitative estimate of drug-likeness (QED) is 0.735. The van der Waals surface area contributed by atoms with Crippen LogP contribution in [0.2, 0.25) is 0 Å². The Kier molecular flexibility index (Phi) is 6.13. The molecule has 2 rings (SSSR count). The zero-order chi connectivity index (χ0) is 17.4. The summed E-state index contributed by atoms with van der Waals surface area (Å²) in [6.07, 6.45) is 1.44. The molecule has 126 valence electrons. The van der Waals surface area contributed by atoms with Crippen LogP contribution in [-0.4, -0.2) is 22.2 Å². The third-order valence-electron chi connectivity index (χ3n) is 4.27. The van der Waals surface area contributed by atoms with Gasteiger partial charge in [0.2, 0.25) is 0 Å². The minimum atomic E-state index is -1.00. The van der Waals surface area contributed by atoms with E-state index < -0.39 is 17.4 Å². The molecule has 0 unspecified atom stereocenters. The SMILES string of the molecule is O=C(O)CCCC(Cc1ccccc1)(Cc1ccccc1)C(=O)O. The summed E-state index contributed by atoms with van der Waals surface area (Å²) in [5.74, 6) is -1.77. The van der Waals surface area contributed by atoms with Crippen LogP contribution >= 0.6 is 0 Å². The fourth-order valence-corrected chi connectivity index (χ4v) is 3.05. The van der Waals surface area contributed by atoms with Gasteiger partial charge in [0.15, 0.2) is 0 Å². The molecule has 0 saturated heterocycles. The van der Waals surface area contributed by atoms with Gasteiger partial charge >= 0.3 is 11.9 Å². The maximum absolute atomic E-state index is 12.2. The molecule has 2 N–H and O–H groups in total. The van der Waals surface area contributed by atoms with Gasteiger partial charge in [-0.25, -0.2) is 0 Å². The lowest BCUT2D eigenvalue weighted by atomic mass is 9.73. The number of carbonyl (C=O) groups is 2. The van der Waals surface area contributed by atoms with Gasteiger partial charge in [0.05, 0.1) is 5.41 Å². The third-order valence-corrected chi connectivity index (χ3v) is 4.27. The molecule has 2 aromatic rings. The summed E-state index contributed by atoms with van der Waals surface area (Å²) in [4.78, 5) is 23.0. The standard InChI is InChI=1S/C20H22O4/c21-18(22)12-7-13-20(19(23)24,14-16-8-3-1-4-9-16)15-17-10-5-2-6-11-17/h1-6,8-11H,7,12-15H2,(H,21,22)(H,23,24). The summed E-state index contributed by atoms with van der Waals surface area (Å²) in [5, 5.41) is 18.8. The van der Waals surface area contributed by atoms with Gasteiger partial charge in [0.1, 0.15) is 0 Å². The molecule has 24 heavy (non-hydrogen) atoms. The fraction of sp³-hybridized carbons (Fsp3) is 0.300. The maximum atomic E-state index is 12.2. The maximum Gasteiger partial charge on any atom is 0.310 e. The molecule has 0 amide bonds. The molecule has 0 bridgehead atoms. The van der Waals surface area contributed by atoms with Gasteiger partial charge in [-0.05, 0) is 36.8 Å². The lowest BCUT2D eigenvalue weighted by Gasteiger charge is -2.30. The van der Waals surface area contributed by atoms with Gasteiger partial charge in [0, 0.05) is 6.42 Å². The zero-order valence-corrected chi connectivity index (χ0v) is 13.5. The van der Waals surface area contributed by atoms with Crippen molar-refractivity contribution < 1.29 is 19.8 Å². The van der Waals surface area contributed by atoms with E-state index in [1.807, 2.05) is 60.7 Å². The molecule has 0 heterocycles. The number of aliphatic carboxylic acids is 2. The van der Waals surface area contributed by atoms with Crippen molar-refractivity contribution in [1.29, 1.82) is 0 Å². The second-order valence-corrected chi connectivity index (χ2v) is 6.16. The number of benzene rings is 2. The van der Waals surface area contributed by atoms with Crippen molar-refractivity contribution in [3.05, 3.63) is 71.8 Å². The second kappa shape index (κ2) is 8.29. The van der Waals surface area contributed by atoms with Crippen LogP contribution in [0.5, 0.6) is 0 Å². The van der Waals surface area contributed by atoms with E-state index in [0.29, 0.717) is 25.7 Å². The average molecular weight is 326 g/mol. The van der Waals surface area contributed by atoms with Gasteiger partial charge in [-0.1, -0.05) is 60.7 Å². The Labute approximate surface area is 141 Å². The first kappa shape index (κ1) is 17.7. The Hall–Kier alpha value is -2.62. The van der Waals surface area contributed by atoms with E-state index in [9.17, 15) is 14.7 Å². The molecule has 0 aromatic heterocycles. The van der Waals surface area contributed by atoms with E-state index in [2.05, 4.69) is 0 Å². The minimum Gasteiger partial charge on any atom is -0.481 e. The summed E-state index contributed by atoms with van der Waals surface area (Å²) in [6, 6.07) is 19.0. The molecule has 0 saturated carbocycles. The van der Waals surface area contributed by atoms with Gasteiger partial charge < -0.3 is 10.2 Å². The molecular formula is C20H22O4. The van der Waals surface area contributed by atoms with Gasteiger partial charge in [-0.2, -0.15) is 0 Å². The normalized spacial score (nSPS) is 11.2. The molecule has 4 heteroatoms. The van der Waals surface area contributed by atoms with Crippen LogP contribution < -0.4 is 0 Å². The molecule has 0 fully saturated rings.